The van der Waals surface area contributed by atoms with Crippen molar-refractivity contribution >= 4 is 0 Å². The first-order chi connectivity index (χ1) is 7.09. The van der Waals surface area contributed by atoms with Crippen molar-refractivity contribution in [3.63, 3.8) is 0 Å². The van der Waals surface area contributed by atoms with E-state index in [0.717, 1.165) is 17.8 Å². The van der Waals surface area contributed by atoms with Crippen LogP contribution in [0.5, 0.6) is 0 Å². The van der Waals surface area contributed by atoms with E-state index < -0.39 is 0 Å². The van der Waals surface area contributed by atoms with Crippen LogP contribution < -0.4 is 0 Å². The molecule has 84 valence electrons. The van der Waals surface area contributed by atoms with Crippen LogP contribution in [0.15, 0.2) is 30.3 Å². The normalized spacial score (nSPS) is 13.5. The summed E-state index contributed by atoms with van der Waals surface area (Å²) in [5.41, 5.74) is 1.48. The van der Waals surface area contributed by atoms with Crippen LogP contribution in [0.1, 0.15) is 39.7 Å². The van der Waals surface area contributed by atoms with E-state index in [1.165, 1.54) is 18.4 Å². The summed E-state index contributed by atoms with van der Waals surface area (Å²) in [5.74, 6) is 2.42. The third kappa shape index (κ3) is 4.51. The minimum Gasteiger partial charge on any atom is -0.0628 e. The predicted molar refractivity (Wildman–Crippen MR) is 67.9 cm³/mol. The van der Waals surface area contributed by atoms with Gasteiger partial charge in [0.15, 0.2) is 0 Å². The standard InChI is InChI=1S/C15H24/c1-12(2)10-15(13(3)4)11-14-8-6-5-7-9-14/h5-9,12-13,15H,10-11H2,1-4H3. The fourth-order valence-electron chi connectivity index (χ4n) is 2.11. The molecule has 0 fully saturated rings. The molecular formula is C15H24. The van der Waals surface area contributed by atoms with Crippen molar-refractivity contribution in [3.8, 4) is 0 Å². The van der Waals surface area contributed by atoms with Gasteiger partial charge in [0.2, 0.25) is 0 Å². The van der Waals surface area contributed by atoms with Gasteiger partial charge >= 0.3 is 0 Å². The third-order valence-electron chi connectivity index (χ3n) is 3.06. The zero-order valence-corrected chi connectivity index (χ0v) is 10.5. The third-order valence-corrected chi connectivity index (χ3v) is 3.06. The van der Waals surface area contributed by atoms with E-state index in [4.69, 9.17) is 0 Å². The minimum atomic E-state index is 0.785. The summed E-state index contributed by atoms with van der Waals surface area (Å²) in [6, 6.07) is 10.9. The largest absolute Gasteiger partial charge is 0.0628 e. The van der Waals surface area contributed by atoms with Gasteiger partial charge in [-0.25, -0.2) is 0 Å². The Morgan fingerprint density at radius 2 is 1.53 bits per heavy atom. The lowest BCUT2D eigenvalue weighted by Gasteiger charge is -2.22. The summed E-state index contributed by atoms with van der Waals surface area (Å²) in [4.78, 5) is 0. The molecule has 0 aliphatic heterocycles. The lowest BCUT2D eigenvalue weighted by atomic mass is 9.83. The maximum Gasteiger partial charge on any atom is -0.0248 e. The van der Waals surface area contributed by atoms with Gasteiger partial charge in [-0.05, 0) is 36.2 Å². The lowest BCUT2D eigenvalue weighted by Crippen LogP contribution is -2.14. The summed E-state index contributed by atoms with van der Waals surface area (Å²) in [5, 5.41) is 0. The fourth-order valence-corrected chi connectivity index (χ4v) is 2.11. The molecule has 0 saturated carbocycles. The zero-order chi connectivity index (χ0) is 11.3. The molecule has 1 aromatic carbocycles. The average molecular weight is 204 g/mol. The molecule has 0 amide bonds. The average Bonchev–Trinajstić information content (AvgIpc) is 2.17. The Balaban J connectivity index is 2.59. The minimum absolute atomic E-state index is 0.785. The first-order valence-electron chi connectivity index (χ1n) is 6.13. The smallest absolute Gasteiger partial charge is 0.0248 e. The molecular weight excluding hydrogens is 180 g/mol. The number of rotatable bonds is 5. The SMILES string of the molecule is CC(C)CC(Cc1ccccc1)C(C)C. The molecule has 0 heterocycles. The van der Waals surface area contributed by atoms with E-state index in [9.17, 15) is 0 Å². The molecule has 1 aromatic rings. The Morgan fingerprint density at radius 3 is 2.00 bits per heavy atom. The highest BCUT2D eigenvalue weighted by Crippen LogP contribution is 2.24. The fraction of sp³-hybridized carbons (Fsp3) is 0.600. The van der Waals surface area contributed by atoms with Crippen LogP contribution in [0.3, 0.4) is 0 Å². The van der Waals surface area contributed by atoms with E-state index in [0.29, 0.717) is 0 Å². The van der Waals surface area contributed by atoms with Gasteiger partial charge in [-0.2, -0.15) is 0 Å². The lowest BCUT2D eigenvalue weighted by molar-refractivity contribution is 0.315. The Kier molecular flexibility index (Phi) is 4.87. The number of hydrogen-bond acceptors (Lipinski definition) is 0. The van der Waals surface area contributed by atoms with Crippen molar-refractivity contribution in [2.75, 3.05) is 0 Å². The van der Waals surface area contributed by atoms with Crippen LogP contribution in [0.4, 0.5) is 0 Å². The summed E-state index contributed by atoms with van der Waals surface area (Å²) in [6.45, 7) is 9.33. The first kappa shape index (κ1) is 12.3. The van der Waals surface area contributed by atoms with Crippen LogP contribution in [0.2, 0.25) is 0 Å². The Labute approximate surface area is 94.7 Å². The highest BCUT2D eigenvalue weighted by Gasteiger charge is 2.15. The van der Waals surface area contributed by atoms with Gasteiger partial charge in [-0.1, -0.05) is 58.0 Å². The van der Waals surface area contributed by atoms with Gasteiger partial charge in [0.05, 0.1) is 0 Å². The molecule has 15 heavy (non-hydrogen) atoms. The maximum atomic E-state index is 2.34. The van der Waals surface area contributed by atoms with Gasteiger partial charge < -0.3 is 0 Å². The van der Waals surface area contributed by atoms with E-state index in [1.54, 1.807) is 0 Å². The van der Waals surface area contributed by atoms with E-state index >= 15 is 0 Å². The summed E-state index contributed by atoms with van der Waals surface area (Å²) in [7, 11) is 0. The first-order valence-corrected chi connectivity index (χ1v) is 6.13. The quantitative estimate of drug-likeness (QED) is 0.660. The molecule has 0 nitrogen and oxygen atoms in total. The molecule has 0 saturated heterocycles. The monoisotopic (exact) mass is 204 g/mol. The van der Waals surface area contributed by atoms with Crippen LogP contribution in [-0.2, 0) is 6.42 Å². The van der Waals surface area contributed by atoms with Gasteiger partial charge in [0.25, 0.3) is 0 Å². The second-order valence-electron chi connectivity index (χ2n) is 5.32. The van der Waals surface area contributed by atoms with E-state index in [1.807, 2.05) is 0 Å². The molecule has 1 rings (SSSR count). The maximum absolute atomic E-state index is 2.34. The Morgan fingerprint density at radius 1 is 0.933 bits per heavy atom. The molecule has 0 aliphatic rings. The van der Waals surface area contributed by atoms with Crippen molar-refractivity contribution in [2.45, 2.75) is 40.5 Å². The molecule has 1 atom stereocenters. The van der Waals surface area contributed by atoms with E-state index in [2.05, 4.69) is 58.0 Å². The topological polar surface area (TPSA) is 0 Å². The van der Waals surface area contributed by atoms with Crippen molar-refractivity contribution in [1.82, 2.24) is 0 Å². The highest BCUT2D eigenvalue weighted by molar-refractivity contribution is 5.15. The second kappa shape index (κ2) is 5.95. The molecule has 0 spiro atoms. The van der Waals surface area contributed by atoms with Crippen molar-refractivity contribution < 1.29 is 0 Å². The van der Waals surface area contributed by atoms with Crippen molar-refractivity contribution in [1.29, 1.82) is 0 Å². The van der Waals surface area contributed by atoms with Crippen molar-refractivity contribution in [3.05, 3.63) is 35.9 Å². The van der Waals surface area contributed by atoms with Gasteiger partial charge in [-0.15, -0.1) is 0 Å². The molecule has 0 N–H and O–H groups in total. The van der Waals surface area contributed by atoms with Crippen LogP contribution in [0.25, 0.3) is 0 Å². The molecule has 0 heteroatoms. The summed E-state index contributed by atoms with van der Waals surface area (Å²) >= 11 is 0. The Bertz CT molecular complexity index is 259. The van der Waals surface area contributed by atoms with Crippen LogP contribution >= 0.6 is 0 Å². The van der Waals surface area contributed by atoms with Gasteiger partial charge in [-0.3, -0.25) is 0 Å². The Hall–Kier alpha value is -0.780. The van der Waals surface area contributed by atoms with Gasteiger partial charge in [0.1, 0.15) is 0 Å². The number of benzene rings is 1. The summed E-state index contributed by atoms with van der Waals surface area (Å²) in [6.07, 6.45) is 2.57. The molecule has 0 bridgehead atoms. The molecule has 1 unspecified atom stereocenters. The zero-order valence-electron chi connectivity index (χ0n) is 10.5. The molecule has 0 aromatic heterocycles. The van der Waals surface area contributed by atoms with Crippen molar-refractivity contribution in [2.24, 2.45) is 17.8 Å². The summed E-state index contributed by atoms with van der Waals surface area (Å²) < 4.78 is 0. The van der Waals surface area contributed by atoms with Crippen LogP contribution in [-0.4, -0.2) is 0 Å². The second-order valence-corrected chi connectivity index (χ2v) is 5.32. The van der Waals surface area contributed by atoms with E-state index in [-0.39, 0.29) is 0 Å². The van der Waals surface area contributed by atoms with Crippen LogP contribution in [0, 0.1) is 17.8 Å². The molecule has 0 aliphatic carbocycles. The van der Waals surface area contributed by atoms with Gasteiger partial charge in [0, 0.05) is 0 Å². The predicted octanol–water partition coefficient (Wildman–Crippen LogP) is 4.55. The highest BCUT2D eigenvalue weighted by atomic mass is 14.2. The number of hydrogen-bond donors (Lipinski definition) is 0. The molecule has 0 radical (unpaired) electrons.